The number of hydrogen-bond acceptors (Lipinski definition) is 3. The van der Waals surface area contributed by atoms with Crippen LogP contribution in [0, 0.1) is 5.92 Å². The van der Waals surface area contributed by atoms with Crippen molar-refractivity contribution < 1.29 is 5.11 Å². The molecule has 3 rings (SSSR count). The number of β-amino-alcohol motifs (C(OH)–C–C–N with tert-alkyl or cyclic N) is 1. The summed E-state index contributed by atoms with van der Waals surface area (Å²) >= 11 is 0. The Morgan fingerprint density at radius 1 is 1.38 bits per heavy atom. The Morgan fingerprint density at radius 2 is 2.25 bits per heavy atom. The van der Waals surface area contributed by atoms with Crippen molar-refractivity contribution in [3.05, 3.63) is 35.6 Å². The number of rotatable bonds is 2. The molecule has 0 saturated heterocycles. The summed E-state index contributed by atoms with van der Waals surface area (Å²) in [7, 11) is 0. The van der Waals surface area contributed by atoms with E-state index in [1.807, 2.05) is 0 Å². The van der Waals surface area contributed by atoms with Crippen LogP contribution in [0.5, 0.6) is 0 Å². The minimum Gasteiger partial charge on any atom is -0.395 e. The van der Waals surface area contributed by atoms with Crippen LogP contribution in [0.3, 0.4) is 0 Å². The van der Waals surface area contributed by atoms with Gasteiger partial charge in [-0.15, -0.1) is 0 Å². The summed E-state index contributed by atoms with van der Waals surface area (Å²) in [6.45, 7) is 3.11. The lowest BCUT2D eigenvalue weighted by atomic mass is 9.88. The van der Waals surface area contributed by atoms with Gasteiger partial charge in [-0.3, -0.25) is 4.90 Å². The summed E-state index contributed by atoms with van der Waals surface area (Å²) < 4.78 is 0. The third-order valence-electron chi connectivity index (χ3n) is 3.76. The second-order valence-corrected chi connectivity index (χ2v) is 4.72. The molecule has 0 aromatic rings. The number of hydrogen-bond donors (Lipinski definition) is 2. The van der Waals surface area contributed by atoms with Crippen molar-refractivity contribution in [1.29, 1.82) is 0 Å². The van der Waals surface area contributed by atoms with Crippen molar-refractivity contribution >= 4 is 0 Å². The Labute approximate surface area is 96.1 Å². The summed E-state index contributed by atoms with van der Waals surface area (Å²) in [5.74, 6) is 0.580. The molecule has 0 amide bonds. The topological polar surface area (TPSA) is 35.5 Å². The molecule has 3 heteroatoms. The van der Waals surface area contributed by atoms with Gasteiger partial charge in [0.25, 0.3) is 0 Å². The van der Waals surface area contributed by atoms with Gasteiger partial charge in [0.1, 0.15) is 0 Å². The first-order valence-electron chi connectivity index (χ1n) is 6.05. The predicted molar refractivity (Wildman–Crippen MR) is 63.9 cm³/mol. The van der Waals surface area contributed by atoms with E-state index in [9.17, 15) is 0 Å². The van der Waals surface area contributed by atoms with Crippen molar-refractivity contribution in [3.8, 4) is 0 Å². The summed E-state index contributed by atoms with van der Waals surface area (Å²) in [6.07, 6.45) is 9.97. The molecule has 2 aliphatic heterocycles. The van der Waals surface area contributed by atoms with Crippen molar-refractivity contribution in [2.75, 3.05) is 26.2 Å². The fraction of sp³-hybridized carbons (Fsp3) is 0.538. The highest BCUT2D eigenvalue weighted by Gasteiger charge is 2.34. The Hall–Kier alpha value is -1.06. The highest BCUT2D eigenvalue weighted by atomic mass is 16.3. The van der Waals surface area contributed by atoms with Gasteiger partial charge in [-0.2, -0.15) is 0 Å². The molecular formula is C13H18N2O. The zero-order chi connectivity index (χ0) is 11.0. The first-order valence-corrected chi connectivity index (χ1v) is 6.05. The van der Waals surface area contributed by atoms with Gasteiger partial charge in [0.05, 0.1) is 12.6 Å². The molecule has 86 valence electrons. The molecule has 2 unspecified atom stereocenters. The van der Waals surface area contributed by atoms with Gasteiger partial charge in [-0.05, 0) is 12.0 Å². The molecule has 0 saturated carbocycles. The molecule has 0 radical (unpaired) electrons. The maximum atomic E-state index is 8.96. The lowest BCUT2D eigenvalue weighted by Gasteiger charge is -2.28. The van der Waals surface area contributed by atoms with E-state index in [0.717, 1.165) is 26.1 Å². The summed E-state index contributed by atoms with van der Waals surface area (Å²) in [5.41, 5.74) is 2.98. The Morgan fingerprint density at radius 3 is 3.12 bits per heavy atom. The molecule has 3 aliphatic rings. The van der Waals surface area contributed by atoms with Crippen LogP contribution in [0.4, 0.5) is 0 Å². The quantitative estimate of drug-likeness (QED) is 0.714. The molecule has 2 atom stereocenters. The van der Waals surface area contributed by atoms with Gasteiger partial charge in [-0.25, -0.2) is 0 Å². The predicted octanol–water partition coefficient (Wildman–Crippen LogP) is 0.652. The molecule has 0 spiro atoms. The smallest absolute Gasteiger partial charge is 0.0558 e. The average Bonchev–Trinajstić information content (AvgIpc) is 2.67. The summed E-state index contributed by atoms with van der Waals surface area (Å²) in [4.78, 5) is 2.32. The SMILES string of the molecule is OCCN1CCC2=C(C1)NC1C=CC=CC21. The van der Waals surface area contributed by atoms with Crippen LogP contribution in [-0.2, 0) is 0 Å². The maximum Gasteiger partial charge on any atom is 0.0558 e. The minimum absolute atomic E-state index is 0.259. The maximum absolute atomic E-state index is 8.96. The molecule has 2 N–H and O–H groups in total. The monoisotopic (exact) mass is 218 g/mol. The van der Waals surface area contributed by atoms with E-state index >= 15 is 0 Å². The molecular weight excluding hydrogens is 200 g/mol. The lowest BCUT2D eigenvalue weighted by molar-refractivity contribution is 0.200. The van der Waals surface area contributed by atoms with Gasteiger partial charge in [0.15, 0.2) is 0 Å². The van der Waals surface area contributed by atoms with Crippen molar-refractivity contribution in [1.82, 2.24) is 10.2 Å². The number of nitrogens with one attached hydrogen (secondary N) is 1. The number of fused-ring (bicyclic) bond motifs is 2. The Bertz CT molecular complexity index is 370. The van der Waals surface area contributed by atoms with Gasteiger partial charge in [0, 0.05) is 31.2 Å². The van der Waals surface area contributed by atoms with E-state index < -0.39 is 0 Å². The first-order chi connectivity index (χ1) is 7.88. The van der Waals surface area contributed by atoms with Crippen LogP contribution in [0.25, 0.3) is 0 Å². The normalized spacial score (nSPS) is 32.6. The largest absolute Gasteiger partial charge is 0.395 e. The van der Waals surface area contributed by atoms with E-state index in [1.165, 1.54) is 5.70 Å². The molecule has 0 fully saturated rings. The fourth-order valence-corrected chi connectivity index (χ4v) is 2.95. The zero-order valence-corrected chi connectivity index (χ0v) is 9.39. The average molecular weight is 218 g/mol. The van der Waals surface area contributed by atoms with Crippen LogP contribution in [0.2, 0.25) is 0 Å². The Kier molecular flexibility index (Phi) is 2.58. The van der Waals surface area contributed by atoms with E-state index in [4.69, 9.17) is 5.11 Å². The highest BCUT2D eigenvalue weighted by Crippen LogP contribution is 2.34. The van der Waals surface area contributed by atoms with E-state index in [2.05, 4.69) is 34.5 Å². The second-order valence-electron chi connectivity index (χ2n) is 4.72. The fourth-order valence-electron chi connectivity index (χ4n) is 2.95. The lowest BCUT2D eigenvalue weighted by Crippen LogP contribution is -2.36. The molecule has 3 nitrogen and oxygen atoms in total. The minimum atomic E-state index is 0.259. The molecule has 0 aromatic carbocycles. The van der Waals surface area contributed by atoms with Crippen LogP contribution in [-0.4, -0.2) is 42.3 Å². The third kappa shape index (κ3) is 1.60. The van der Waals surface area contributed by atoms with Gasteiger partial charge < -0.3 is 10.4 Å². The van der Waals surface area contributed by atoms with Crippen molar-refractivity contribution in [2.24, 2.45) is 5.92 Å². The van der Waals surface area contributed by atoms with Crippen LogP contribution in [0.15, 0.2) is 35.6 Å². The summed E-state index contributed by atoms with van der Waals surface area (Å²) in [5, 5.41) is 12.6. The van der Waals surface area contributed by atoms with Crippen LogP contribution in [0.1, 0.15) is 6.42 Å². The summed E-state index contributed by atoms with van der Waals surface area (Å²) in [6, 6.07) is 0.476. The van der Waals surface area contributed by atoms with Crippen LogP contribution >= 0.6 is 0 Å². The molecule has 16 heavy (non-hydrogen) atoms. The van der Waals surface area contributed by atoms with Crippen molar-refractivity contribution in [2.45, 2.75) is 12.5 Å². The third-order valence-corrected chi connectivity index (χ3v) is 3.76. The molecule has 2 heterocycles. The number of nitrogens with zero attached hydrogens (tertiary/aromatic N) is 1. The van der Waals surface area contributed by atoms with E-state index in [0.29, 0.717) is 12.0 Å². The van der Waals surface area contributed by atoms with Gasteiger partial charge >= 0.3 is 0 Å². The highest BCUT2D eigenvalue weighted by molar-refractivity contribution is 5.37. The Balaban J connectivity index is 1.77. The van der Waals surface area contributed by atoms with E-state index in [1.54, 1.807) is 5.57 Å². The first kappa shape index (κ1) is 10.1. The second kappa shape index (κ2) is 4.07. The number of allylic oxidation sites excluding steroid dienone is 2. The van der Waals surface area contributed by atoms with Gasteiger partial charge in [0.2, 0.25) is 0 Å². The number of aliphatic hydroxyl groups excluding tert-OH is 1. The van der Waals surface area contributed by atoms with Crippen molar-refractivity contribution in [3.63, 3.8) is 0 Å². The zero-order valence-electron chi connectivity index (χ0n) is 9.39. The van der Waals surface area contributed by atoms with E-state index in [-0.39, 0.29) is 6.61 Å². The molecule has 0 aromatic heterocycles. The molecule has 1 aliphatic carbocycles. The van der Waals surface area contributed by atoms with Gasteiger partial charge in [-0.1, -0.05) is 24.3 Å². The van der Waals surface area contributed by atoms with Crippen LogP contribution < -0.4 is 5.32 Å². The standard InChI is InChI=1S/C13H18N2O/c16-8-7-15-6-5-11-10-3-1-2-4-12(10)14-13(11)9-15/h1-4,10,12,14,16H,5-9H2. The number of aliphatic hydroxyl groups is 1. The molecule has 0 bridgehead atoms.